The smallest absolute Gasteiger partial charge is 0.224 e. The minimum Gasteiger partial charge on any atom is -0.381 e. The zero-order valence-electron chi connectivity index (χ0n) is 12.0. The minimum absolute atomic E-state index is 0.0868. The van der Waals surface area contributed by atoms with Gasteiger partial charge in [0, 0.05) is 24.5 Å². The molecule has 1 N–H and O–H groups in total. The van der Waals surface area contributed by atoms with Crippen LogP contribution in [0.15, 0.2) is 0 Å². The van der Waals surface area contributed by atoms with E-state index in [4.69, 9.17) is 4.74 Å². The monoisotopic (exact) mass is 319 g/mol. The fourth-order valence-corrected chi connectivity index (χ4v) is 3.48. The molecule has 0 saturated carbocycles. The Bertz CT molecular complexity index is 265. The van der Waals surface area contributed by atoms with E-state index in [0.717, 1.165) is 31.4 Å². The van der Waals surface area contributed by atoms with Crippen LogP contribution in [0.3, 0.4) is 0 Å². The molecule has 0 aromatic heterocycles. The Kier molecular flexibility index (Phi) is 6.12. The lowest BCUT2D eigenvalue weighted by molar-refractivity contribution is -0.130. The molecule has 1 saturated heterocycles. The number of hydrogen-bond donors (Lipinski definition) is 1. The summed E-state index contributed by atoms with van der Waals surface area (Å²) in [7, 11) is 0. The molecule has 1 heterocycles. The van der Waals surface area contributed by atoms with E-state index >= 15 is 0 Å². The van der Waals surface area contributed by atoms with E-state index < -0.39 is 0 Å². The molecule has 0 aromatic carbocycles. The van der Waals surface area contributed by atoms with Gasteiger partial charge in [-0.25, -0.2) is 0 Å². The second kappa shape index (κ2) is 6.90. The molecule has 1 amide bonds. The maximum Gasteiger partial charge on any atom is 0.224 e. The number of alkyl halides is 1. The predicted octanol–water partition coefficient (Wildman–Crippen LogP) is 2.97. The van der Waals surface area contributed by atoms with E-state index in [1.807, 2.05) is 0 Å². The van der Waals surface area contributed by atoms with Crippen LogP contribution < -0.4 is 5.32 Å². The number of carbonyl (C=O) groups excluding carboxylic acids is 1. The first-order chi connectivity index (χ1) is 8.42. The molecule has 0 bridgehead atoms. The molecule has 1 rings (SSSR count). The highest BCUT2D eigenvalue weighted by Crippen LogP contribution is 2.26. The van der Waals surface area contributed by atoms with E-state index in [9.17, 15) is 4.79 Å². The molecular formula is C14H26BrNO2. The fourth-order valence-electron chi connectivity index (χ4n) is 2.77. The van der Waals surface area contributed by atoms with Gasteiger partial charge >= 0.3 is 0 Å². The van der Waals surface area contributed by atoms with Gasteiger partial charge < -0.3 is 10.1 Å². The summed E-state index contributed by atoms with van der Waals surface area (Å²) in [5.41, 5.74) is -0.114. The van der Waals surface area contributed by atoms with Crippen molar-refractivity contribution in [2.24, 2.45) is 17.8 Å². The summed E-state index contributed by atoms with van der Waals surface area (Å²) >= 11 is 3.55. The van der Waals surface area contributed by atoms with Crippen LogP contribution in [-0.4, -0.2) is 30.0 Å². The normalized spacial score (nSPS) is 19.6. The topological polar surface area (TPSA) is 38.3 Å². The first kappa shape index (κ1) is 16.0. The van der Waals surface area contributed by atoms with E-state index in [1.54, 1.807) is 0 Å². The molecule has 106 valence electrons. The zero-order chi connectivity index (χ0) is 13.8. The molecule has 18 heavy (non-hydrogen) atoms. The molecule has 3 nitrogen and oxygen atoms in total. The maximum absolute atomic E-state index is 12.5. The number of amides is 1. The quantitative estimate of drug-likeness (QED) is 0.791. The van der Waals surface area contributed by atoms with Crippen molar-refractivity contribution in [1.29, 1.82) is 0 Å². The molecule has 0 atom stereocenters. The molecule has 0 aromatic rings. The first-order valence-corrected chi connectivity index (χ1v) is 8.00. The highest BCUT2D eigenvalue weighted by molar-refractivity contribution is 9.09. The minimum atomic E-state index is -0.114. The van der Waals surface area contributed by atoms with E-state index in [-0.39, 0.29) is 17.4 Å². The summed E-state index contributed by atoms with van der Waals surface area (Å²) in [4.78, 5) is 12.5. The summed E-state index contributed by atoms with van der Waals surface area (Å²) < 4.78 is 5.39. The third kappa shape index (κ3) is 3.95. The van der Waals surface area contributed by atoms with Crippen LogP contribution in [0.5, 0.6) is 0 Å². The second-order valence-electron chi connectivity index (χ2n) is 6.03. The Hall–Kier alpha value is -0.0900. The van der Waals surface area contributed by atoms with Gasteiger partial charge in [0.05, 0.1) is 5.54 Å². The molecule has 0 unspecified atom stereocenters. The molecule has 0 spiro atoms. The second-order valence-corrected chi connectivity index (χ2v) is 6.59. The Morgan fingerprint density at radius 3 is 2.11 bits per heavy atom. The largest absolute Gasteiger partial charge is 0.381 e. The Morgan fingerprint density at radius 1 is 1.22 bits per heavy atom. The van der Waals surface area contributed by atoms with E-state index in [2.05, 4.69) is 48.9 Å². The van der Waals surface area contributed by atoms with Gasteiger partial charge in [0.25, 0.3) is 0 Å². The zero-order valence-corrected chi connectivity index (χ0v) is 13.5. The van der Waals surface area contributed by atoms with Crippen molar-refractivity contribution in [3.05, 3.63) is 0 Å². The van der Waals surface area contributed by atoms with Gasteiger partial charge in [0.15, 0.2) is 0 Å². The van der Waals surface area contributed by atoms with Crippen molar-refractivity contribution >= 4 is 21.8 Å². The molecular weight excluding hydrogens is 294 g/mol. The van der Waals surface area contributed by atoms with Crippen LogP contribution in [-0.2, 0) is 9.53 Å². The number of ether oxygens (including phenoxy) is 1. The number of hydrogen-bond acceptors (Lipinski definition) is 2. The van der Waals surface area contributed by atoms with Gasteiger partial charge in [0.2, 0.25) is 5.91 Å². The number of rotatable bonds is 5. The average Bonchev–Trinajstić information content (AvgIpc) is 2.29. The van der Waals surface area contributed by atoms with Crippen molar-refractivity contribution < 1.29 is 9.53 Å². The molecule has 1 fully saturated rings. The Balaban J connectivity index is 2.71. The number of carbonyl (C=O) groups is 1. The van der Waals surface area contributed by atoms with Gasteiger partial charge in [-0.15, -0.1) is 0 Å². The third-order valence-electron chi connectivity index (χ3n) is 3.83. The lowest BCUT2D eigenvalue weighted by Crippen LogP contribution is -2.55. The van der Waals surface area contributed by atoms with Crippen molar-refractivity contribution in [3.63, 3.8) is 0 Å². The van der Waals surface area contributed by atoms with Crippen LogP contribution in [0.2, 0.25) is 0 Å². The number of nitrogens with one attached hydrogen (secondary N) is 1. The molecule has 1 aliphatic heterocycles. The van der Waals surface area contributed by atoms with Gasteiger partial charge in [-0.2, -0.15) is 0 Å². The predicted molar refractivity (Wildman–Crippen MR) is 77.9 cm³/mol. The van der Waals surface area contributed by atoms with Crippen LogP contribution in [0, 0.1) is 17.8 Å². The summed E-state index contributed by atoms with van der Waals surface area (Å²) in [5, 5.41) is 4.08. The van der Waals surface area contributed by atoms with Crippen molar-refractivity contribution in [2.45, 2.75) is 46.1 Å². The van der Waals surface area contributed by atoms with E-state index in [1.165, 1.54) is 0 Å². The third-order valence-corrected chi connectivity index (χ3v) is 4.91. The standard InChI is InChI=1S/C14H26BrNO2/c1-10(2)12(11(3)4)13(17)16-14(9-15)5-7-18-8-6-14/h10-12H,5-9H2,1-4H3,(H,16,17). The summed E-state index contributed by atoms with van der Waals surface area (Å²) in [6.45, 7) is 9.95. The van der Waals surface area contributed by atoms with Gasteiger partial charge in [0.1, 0.15) is 0 Å². The summed E-state index contributed by atoms with van der Waals surface area (Å²) in [5.74, 6) is 1.03. The highest BCUT2D eigenvalue weighted by Gasteiger charge is 2.36. The highest BCUT2D eigenvalue weighted by atomic mass is 79.9. The Labute approximate surface area is 119 Å². The van der Waals surface area contributed by atoms with Crippen LogP contribution in [0.25, 0.3) is 0 Å². The SMILES string of the molecule is CC(C)C(C(=O)NC1(CBr)CCOCC1)C(C)C. The van der Waals surface area contributed by atoms with E-state index in [0.29, 0.717) is 11.8 Å². The molecule has 4 heteroatoms. The average molecular weight is 320 g/mol. The maximum atomic E-state index is 12.5. The number of halogens is 1. The van der Waals surface area contributed by atoms with Crippen LogP contribution in [0.1, 0.15) is 40.5 Å². The van der Waals surface area contributed by atoms with Gasteiger partial charge in [-0.1, -0.05) is 43.6 Å². The summed E-state index contributed by atoms with van der Waals surface area (Å²) in [6.07, 6.45) is 1.79. The molecule has 0 aliphatic carbocycles. The molecule has 1 aliphatic rings. The van der Waals surface area contributed by atoms with Crippen molar-refractivity contribution in [2.75, 3.05) is 18.5 Å². The fraction of sp³-hybridized carbons (Fsp3) is 0.929. The van der Waals surface area contributed by atoms with Crippen molar-refractivity contribution in [3.8, 4) is 0 Å². The van der Waals surface area contributed by atoms with Gasteiger partial charge in [-0.3, -0.25) is 4.79 Å². The van der Waals surface area contributed by atoms with Gasteiger partial charge in [-0.05, 0) is 24.7 Å². The molecule has 0 radical (unpaired) electrons. The lowest BCUT2D eigenvalue weighted by Gasteiger charge is -2.38. The van der Waals surface area contributed by atoms with Crippen LogP contribution >= 0.6 is 15.9 Å². The van der Waals surface area contributed by atoms with Crippen molar-refractivity contribution in [1.82, 2.24) is 5.32 Å². The lowest BCUT2D eigenvalue weighted by atomic mass is 9.83. The first-order valence-electron chi connectivity index (χ1n) is 6.87. The van der Waals surface area contributed by atoms with Crippen LogP contribution in [0.4, 0.5) is 0 Å². The Morgan fingerprint density at radius 2 is 1.72 bits per heavy atom. The summed E-state index contributed by atoms with van der Waals surface area (Å²) in [6, 6.07) is 0.